The van der Waals surface area contributed by atoms with Crippen molar-refractivity contribution >= 4 is 97.5 Å². The van der Waals surface area contributed by atoms with Gasteiger partial charge in [0.15, 0.2) is 0 Å². The molecule has 3 saturated carbocycles. The van der Waals surface area contributed by atoms with E-state index < -0.39 is 65.6 Å². The summed E-state index contributed by atoms with van der Waals surface area (Å²) in [6.07, 6.45) is 20.9. The first kappa shape index (κ1) is 76.7. The molecule has 3 aromatic carbocycles. The number of nitrogens with one attached hydrogen (secondary N) is 4. The lowest BCUT2D eigenvalue weighted by Gasteiger charge is -2.43. The Labute approximate surface area is 597 Å². The van der Waals surface area contributed by atoms with Gasteiger partial charge in [0.25, 0.3) is 0 Å². The van der Waals surface area contributed by atoms with Crippen LogP contribution >= 0.6 is 0 Å². The average molecular weight is 1400 g/mol. The van der Waals surface area contributed by atoms with Crippen molar-refractivity contribution in [3.05, 3.63) is 108 Å². The number of fused-ring (bicyclic) bond motifs is 3. The molecule has 26 nitrogen and oxygen atoms in total. The van der Waals surface area contributed by atoms with Gasteiger partial charge < -0.3 is 79.2 Å². The van der Waals surface area contributed by atoms with E-state index in [0.29, 0.717) is 76.0 Å². The fourth-order valence-electron chi connectivity index (χ4n) is 14.3. The van der Waals surface area contributed by atoms with E-state index in [0.717, 1.165) is 139 Å². The molecule has 12 rings (SSSR count). The highest BCUT2D eigenvalue weighted by Crippen LogP contribution is 2.34. The number of aromatic nitrogens is 3. The lowest BCUT2D eigenvalue weighted by atomic mass is 9.82. The second-order valence-electron chi connectivity index (χ2n) is 29.7. The highest BCUT2D eigenvalue weighted by molar-refractivity contribution is 5.96. The molecule has 6 aromatic rings. The summed E-state index contributed by atoms with van der Waals surface area (Å²) in [5, 5.41) is 26.4. The molecule has 7 amide bonds. The third-order valence-corrected chi connectivity index (χ3v) is 20.1. The van der Waals surface area contributed by atoms with Crippen LogP contribution in [0.5, 0.6) is 0 Å². The van der Waals surface area contributed by atoms with Crippen molar-refractivity contribution in [1.29, 1.82) is 0 Å². The maximum Gasteiger partial charge on any atom is 0.408 e. The molecule has 3 aliphatic carbocycles. The average Bonchev–Trinajstić information content (AvgIpc) is 0.802. The number of anilines is 3. The number of hydrogen-bond acceptors (Lipinski definition) is 18. The van der Waals surface area contributed by atoms with Gasteiger partial charge in [-0.2, -0.15) is 0 Å². The number of amides is 7. The lowest BCUT2D eigenvalue weighted by molar-refractivity contribution is -0.159. The number of nitrogens with zero attached hydrogens (tertiary/aromatic N) is 6. The van der Waals surface area contributed by atoms with Gasteiger partial charge in [-0.25, -0.2) is 29.3 Å². The number of rotatable bonds is 16. The first-order chi connectivity index (χ1) is 48.7. The number of carbonyl (C=O) groups is 8. The highest BCUT2D eigenvalue weighted by atomic mass is 16.6. The third kappa shape index (κ3) is 20.4. The number of pyridine rings is 3. The van der Waals surface area contributed by atoms with Crippen LogP contribution in [0.25, 0.3) is 32.3 Å². The van der Waals surface area contributed by atoms with E-state index in [-0.39, 0.29) is 47.3 Å². The van der Waals surface area contributed by atoms with Crippen molar-refractivity contribution in [3.8, 4) is 0 Å². The summed E-state index contributed by atoms with van der Waals surface area (Å²) in [4.78, 5) is 118. The molecular formula is C76H105N15O11. The Bertz CT molecular complexity index is 3940. The maximum atomic E-state index is 13.6. The number of likely N-dealkylation sites (tertiary alicyclic amines) is 3. The molecule has 6 fully saturated rings. The Hall–Kier alpha value is -9.43. The number of carboxylic acids is 1. The number of carbonyl (C=O) groups excluding carboxylic acids is 7. The molecule has 3 saturated heterocycles. The zero-order chi connectivity index (χ0) is 73.4. The third-order valence-electron chi connectivity index (χ3n) is 20.1. The quantitative estimate of drug-likeness (QED) is 0.0432. The van der Waals surface area contributed by atoms with Gasteiger partial charge in [-0.15, -0.1) is 0 Å². The van der Waals surface area contributed by atoms with Crippen LogP contribution in [-0.4, -0.2) is 150 Å². The summed E-state index contributed by atoms with van der Waals surface area (Å²) in [7, 11) is 0. The minimum absolute atomic E-state index is 0.0359. The number of alkyl carbamates (subject to hydrolysis) is 2. The Morgan fingerprint density at radius 2 is 0.804 bits per heavy atom. The van der Waals surface area contributed by atoms with Gasteiger partial charge in [0.2, 0.25) is 29.5 Å². The molecule has 0 unspecified atom stereocenters. The summed E-state index contributed by atoms with van der Waals surface area (Å²) in [5.74, 6) is -0.00307. The number of ether oxygens (including phenoxy) is 2. The molecule has 15 N–H and O–H groups in total. The SMILES string of the molecule is CC(C)(C)OC(=O)N[C@@H](C(=O)N1CC[C@H]1C(=O)NCc1ccc2c(N)nccc2c1)C1CCCCC1.CC(C)(C)OC(=O)N[C@@H](C(=O)N1CC[C@H]1C(=O)O)C1CCCCC1.NCc1ccc2c(N)nccc2c1.Nc1nccc2cc(CNC(=O)[C@@H]3CCN3C(=O)[C@H](N)C3CCCCC3)ccc12. The number of nitrogens with two attached hydrogens (primary N) is 5. The smallest absolute Gasteiger partial charge is 0.408 e. The van der Waals surface area contributed by atoms with E-state index in [4.69, 9.17) is 38.1 Å². The normalized spacial score (nSPS) is 19.5. The zero-order valence-electron chi connectivity index (χ0n) is 59.9. The molecule has 0 spiro atoms. The fraction of sp³-hybridized carbons (Fsp3) is 0.539. The molecular weight excluding hydrogens is 1300 g/mol. The number of aliphatic carboxylic acids is 1. The first-order valence-electron chi connectivity index (χ1n) is 36.2. The topological polar surface area (TPSA) is 402 Å². The van der Waals surface area contributed by atoms with Crippen LogP contribution < -0.4 is 49.9 Å². The minimum atomic E-state index is -0.991. The Kier molecular flexibility index (Phi) is 26.3. The summed E-state index contributed by atoms with van der Waals surface area (Å²) in [6, 6.07) is 19.7. The van der Waals surface area contributed by atoms with Gasteiger partial charge in [-0.1, -0.05) is 94.2 Å². The number of carboxylic acid groups (broad SMARTS) is 1. The standard InChI is InChI=1S/C27H37N5O4.C22H29N5O2.C17H28N2O5.C10H11N3/c1-27(2,3)36-26(35)31-22(18-7-5-4-6-8-18)25(34)32-14-12-21(32)24(33)30-16-17-9-10-20-19(15-17)11-13-29-23(20)28;23-19(15-4-2-1-3-5-15)22(29)27-11-9-18(27)21(28)26-13-14-6-7-17-16(12-14)8-10-25-20(17)24;1-17(2,3)24-16(23)18-13(11-7-5-4-6-8-11)14(20)19-10-9-12(19)15(21)22;11-6-7-1-2-9-8(5-7)3-4-13-10(9)12/h9-11,13,15,18,21-22H,4-8,12,14,16H2,1-3H3,(H2,28,29)(H,30,33)(H,31,35);6-8,10,12,15,18-19H,1-5,9,11,13,23H2,(H2,24,25)(H,26,28);11-13H,4-10H2,1-3H3,(H,18,23)(H,21,22);1-5H,6,11H2,(H2,12,13)/t21-,22+;18-,19+;12-,13+;/m000./s1. The Morgan fingerprint density at radius 3 is 1.14 bits per heavy atom. The van der Waals surface area contributed by atoms with Gasteiger partial charge in [0, 0.05) is 74.0 Å². The number of hydrogen-bond donors (Lipinski definition) is 10. The summed E-state index contributed by atoms with van der Waals surface area (Å²) in [5.41, 5.74) is 31.0. The Balaban J connectivity index is 0.000000166. The Morgan fingerprint density at radius 1 is 0.471 bits per heavy atom. The fourth-order valence-corrected chi connectivity index (χ4v) is 14.3. The van der Waals surface area contributed by atoms with Gasteiger partial charge >= 0.3 is 18.2 Å². The predicted octanol–water partition coefficient (Wildman–Crippen LogP) is 8.87. The molecule has 26 heteroatoms. The molecule has 6 atom stereocenters. The number of benzene rings is 3. The van der Waals surface area contributed by atoms with E-state index >= 15 is 0 Å². The molecule has 102 heavy (non-hydrogen) atoms. The van der Waals surface area contributed by atoms with Crippen molar-refractivity contribution < 1.29 is 52.9 Å². The van der Waals surface area contributed by atoms with Crippen LogP contribution in [0.4, 0.5) is 27.0 Å². The summed E-state index contributed by atoms with van der Waals surface area (Å²) < 4.78 is 10.7. The van der Waals surface area contributed by atoms with Crippen molar-refractivity contribution in [1.82, 2.24) is 50.9 Å². The first-order valence-corrected chi connectivity index (χ1v) is 36.2. The van der Waals surface area contributed by atoms with Crippen molar-refractivity contribution in [3.63, 3.8) is 0 Å². The molecule has 3 aromatic heterocycles. The molecule has 550 valence electrons. The van der Waals surface area contributed by atoms with E-state index in [9.17, 15) is 43.5 Å². The largest absolute Gasteiger partial charge is 0.480 e. The maximum absolute atomic E-state index is 13.6. The van der Waals surface area contributed by atoms with Crippen LogP contribution in [0.2, 0.25) is 0 Å². The minimum Gasteiger partial charge on any atom is -0.480 e. The van der Waals surface area contributed by atoms with Crippen LogP contribution in [0.1, 0.15) is 174 Å². The summed E-state index contributed by atoms with van der Waals surface area (Å²) in [6.45, 7) is 13.5. The number of nitrogen functional groups attached to an aromatic ring is 3. The lowest BCUT2D eigenvalue weighted by Crippen LogP contribution is -2.63. The van der Waals surface area contributed by atoms with Crippen molar-refractivity contribution in [2.75, 3.05) is 36.8 Å². The summed E-state index contributed by atoms with van der Waals surface area (Å²) >= 11 is 0. The predicted molar refractivity (Wildman–Crippen MR) is 392 cm³/mol. The van der Waals surface area contributed by atoms with Gasteiger partial charge in [-0.3, -0.25) is 24.0 Å². The van der Waals surface area contributed by atoms with Gasteiger partial charge in [-0.05, 0) is 186 Å². The molecule has 6 heterocycles. The zero-order valence-corrected chi connectivity index (χ0v) is 59.9. The van der Waals surface area contributed by atoms with Gasteiger partial charge in [0.05, 0.1) is 6.04 Å². The highest BCUT2D eigenvalue weighted by Gasteiger charge is 2.46. The second kappa shape index (κ2) is 35.0. The van der Waals surface area contributed by atoms with Gasteiger partial charge in [0.1, 0.15) is 58.9 Å². The van der Waals surface area contributed by atoms with Crippen LogP contribution in [0, 0.1) is 17.8 Å². The van der Waals surface area contributed by atoms with Crippen LogP contribution in [0.15, 0.2) is 91.4 Å². The van der Waals surface area contributed by atoms with Crippen molar-refractivity contribution in [2.24, 2.45) is 29.2 Å². The van der Waals surface area contributed by atoms with Crippen LogP contribution in [0.3, 0.4) is 0 Å². The van der Waals surface area contributed by atoms with Crippen molar-refractivity contribution in [2.45, 2.75) is 224 Å². The van der Waals surface area contributed by atoms with E-state index in [1.807, 2.05) is 72.8 Å². The molecule has 6 aliphatic rings. The molecule has 0 bridgehead atoms. The van der Waals surface area contributed by atoms with Crippen LogP contribution in [-0.2, 0) is 57.9 Å². The van der Waals surface area contributed by atoms with E-state index in [2.05, 4.69) is 36.2 Å². The van der Waals surface area contributed by atoms with E-state index in [1.54, 1.807) is 69.9 Å². The van der Waals surface area contributed by atoms with E-state index in [1.165, 1.54) is 11.3 Å². The molecule has 3 aliphatic heterocycles. The monoisotopic (exact) mass is 1400 g/mol. The molecule has 0 radical (unpaired) electrons. The second-order valence-corrected chi connectivity index (χ2v) is 29.7.